The van der Waals surface area contributed by atoms with Crippen molar-refractivity contribution < 1.29 is 4.79 Å². The molecule has 1 aromatic rings. The molecule has 0 N–H and O–H groups in total. The Hall–Kier alpha value is -1.05. The van der Waals surface area contributed by atoms with Crippen molar-refractivity contribution in [1.29, 1.82) is 0 Å². The van der Waals surface area contributed by atoms with Crippen LogP contribution in [0.25, 0.3) is 0 Å². The Morgan fingerprint density at radius 2 is 1.75 bits per heavy atom. The maximum atomic E-state index is 11.1. The van der Waals surface area contributed by atoms with Crippen LogP contribution in [0.3, 0.4) is 0 Å². The highest BCUT2D eigenvalue weighted by molar-refractivity contribution is 5.79. The minimum absolute atomic E-state index is 0.0278. The van der Waals surface area contributed by atoms with E-state index in [4.69, 9.17) is 0 Å². The van der Waals surface area contributed by atoms with Crippen molar-refractivity contribution in [2.45, 2.75) is 33.7 Å². The average Bonchev–Trinajstić information content (AvgIpc) is 2.30. The van der Waals surface area contributed by atoms with Gasteiger partial charge in [0.15, 0.2) is 5.78 Å². The van der Waals surface area contributed by atoms with Gasteiger partial charge in [0.1, 0.15) is 0 Å². The minimum Gasteiger partial charge on any atom is -0.339 e. The van der Waals surface area contributed by atoms with E-state index in [1.807, 2.05) is 32.9 Å². The number of aromatic nitrogens is 1. The molecule has 0 saturated carbocycles. The lowest BCUT2D eigenvalue weighted by Gasteiger charge is -2.14. The molecule has 1 rings (SSSR count). The fourth-order valence-corrected chi connectivity index (χ4v) is 1.47. The summed E-state index contributed by atoms with van der Waals surface area (Å²) in [5, 5.41) is 0. The smallest absolute Gasteiger partial charge is 0.152 e. The third-order valence-electron chi connectivity index (χ3n) is 2.30. The van der Waals surface area contributed by atoms with E-state index in [1.54, 1.807) is 6.92 Å². The monoisotopic (exact) mass is 165 g/mol. The van der Waals surface area contributed by atoms with Crippen molar-refractivity contribution in [3.63, 3.8) is 0 Å². The number of ketones is 1. The molecule has 0 aliphatic heterocycles. The van der Waals surface area contributed by atoms with Gasteiger partial charge in [-0.2, -0.15) is 0 Å². The Labute approximate surface area is 73.2 Å². The van der Waals surface area contributed by atoms with Crippen LogP contribution in [-0.2, 0) is 4.79 Å². The van der Waals surface area contributed by atoms with E-state index >= 15 is 0 Å². The van der Waals surface area contributed by atoms with E-state index < -0.39 is 0 Å². The fourth-order valence-electron chi connectivity index (χ4n) is 1.47. The van der Waals surface area contributed by atoms with Crippen LogP contribution in [0.5, 0.6) is 0 Å². The Balaban J connectivity index is 3.08. The lowest BCUT2D eigenvalue weighted by Crippen LogP contribution is -2.15. The van der Waals surface area contributed by atoms with Gasteiger partial charge in [-0.05, 0) is 39.8 Å². The number of hydrogen-bond donors (Lipinski definition) is 0. The van der Waals surface area contributed by atoms with Crippen LogP contribution >= 0.6 is 0 Å². The summed E-state index contributed by atoms with van der Waals surface area (Å²) in [7, 11) is 0. The van der Waals surface area contributed by atoms with E-state index in [1.165, 1.54) is 0 Å². The second-order valence-electron chi connectivity index (χ2n) is 3.27. The predicted octanol–water partition coefficient (Wildman–Crippen LogP) is 2.25. The SMILES string of the molecule is CC(=O)C(C)n1c(C)ccc1C. The highest BCUT2D eigenvalue weighted by atomic mass is 16.1. The molecule has 0 saturated heterocycles. The molecule has 2 heteroatoms. The molecular weight excluding hydrogens is 150 g/mol. The summed E-state index contributed by atoms with van der Waals surface area (Å²) in [5.41, 5.74) is 2.30. The molecule has 0 radical (unpaired) electrons. The number of nitrogens with zero attached hydrogens (tertiary/aromatic N) is 1. The molecule has 0 spiro atoms. The zero-order chi connectivity index (χ0) is 9.30. The molecule has 1 aromatic heterocycles. The first-order valence-electron chi connectivity index (χ1n) is 4.19. The van der Waals surface area contributed by atoms with Crippen LogP contribution < -0.4 is 0 Å². The predicted molar refractivity (Wildman–Crippen MR) is 49.3 cm³/mol. The van der Waals surface area contributed by atoms with E-state index in [2.05, 4.69) is 4.57 Å². The maximum absolute atomic E-state index is 11.1. The molecule has 1 atom stereocenters. The summed E-state index contributed by atoms with van der Waals surface area (Å²) < 4.78 is 2.06. The average molecular weight is 165 g/mol. The standard InChI is InChI=1S/C10H15NO/c1-7-5-6-8(2)11(7)9(3)10(4)12/h5-6,9H,1-4H3. The van der Waals surface area contributed by atoms with Crippen molar-refractivity contribution in [2.75, 3.05) is 0 Å². The third kappa shape index (κ3) is 1.42. The Morgan fingerprint density at radius 3 is 2.08 bits per heavy atom. The van der Waals surface area contributed by atoms with E-state index in [0.29, 0.717) is 0 Å². The minimum atomic E-state index is -0.0278. The number of Topliss-reactive ketones (excluding diaryl/α,β-unsaturated/α-hetero) is 1. The van der Waals surface area contributed by atoms with Crippen LogP contribution in [0.2, 0.25) is 0 Å². The van der Waals surface area contributed by atoms with E-state index in [-0.39, 0.29) is 11.8 Å². The number of carbonyl (C=O) groups excluding carboxylic acids is 1. The molecule has 0 bridgehead atoms. The molecular formula is C10H15NO. The van der Waals surface area contributed by atoms with Crippen LogP contribution in [0.4, 0.5) is 0 Å². The van der Waals surface area contributed by atoms with E-state index in [9.17, 15) is 4.79 Å². The third-order valence-corrected chi connectivity index (χ3v) is 2.30. The molecule has 0 fully saturated rings. The van der Waals surface area contributed by atoms with Crippen LogP contribution in [0, 0.1) is 13.8 Å². The summed E-state index contributed by atoms with van der Waals surface area (Å²) in [6.45, 7) is 7.60. The molecule has 1 unspecified atom stereocenters. The zero-order valence-corrected chi connectivity index (χ0v) is 8.09. The van der Waals surface area contributed by atoms with Crippen molar-refractivity contribution in [3.05, 3.63) is 23.5 Å². The quantitative estimate of drug-likeness (QED) is 0.658. The van der Waals surface area contributed by atoms with Crippen LogP contribution in [0.15, 0.2) is 12.1 Å². The van der Waals surface area contributed by atoms with Gasteiger partial charge >= 0.3 is 0 Å². The number of hydrogen-bond acceptors (Lipinski definition) is 1. The van der Waals surface area contributed by atoms with Crippen molar-refractivity contribution >= 4 is 5.78 Å². The van der Waals surface area contributed by atoms with Crippen molar-refractivity contribution in [2.24, 2.45) is 0 Å². The highest BCUT2D eigenvalue weighted by Crippen LogP contribution is 2.15. The molecule has 2 nitrogen and oxygen atoms in total. The van der Waals surface area contributed by atoms with Gasteiger partial charge in [0.05, 0.1) is 6.04 Å². The van der Waals surface area contributed by atoms with Gasteiger partial charge in [-0.3, -0.25) is 4.79 Å². The molecule has 0 aliphatic rings. The fraction of sp³-hybridized carbons (Fsp3) is 0.500. The highest BCUT2D eigenvalue weighted by Gasteiger charge is 2.12. The first kappa shape index (κ1) is 9.04. The molecule has 0 aromatic carbocycles. The Bertz CT molecular complexity index is 279. The molecule has 0 amide bonds. The lowest BCUT2D eigenvalue weighted by atomic mass is 10.2. The summed E-state index contributed by atoms with van der Waals surface area (Å²) in [5.74, 6) is 0.206. The number of rotatable bonds is 2. The number of aryl methyl sites for hydroxylation is 2. The maximum Gasteiger partial charge on any atom is 0.152 e. The molecule has 1 heterocycles. The number of carbonyl (C=O) groups is 1. The van der Waals surface area contributed by atoms with Gasteiger partial charge in [0.2, 0.25) is 0 Å². The zero-order valence-electron chi connectivity index (χ0n) is 8.09. The lowest BCUT2D eigenvalue weighted by molar-refractivity contribution is -0.119. The van der Waals surface area contributed by atoms with Crippen molar-refractivity contribution in [3.8, 4) is 0 Å². The van der Waals surface area contributed by atoms with Crippen molar-refractivity contribution in [1.82, 2.24) is 4.57 Å². The first-order valence-corrected chi connectivity index (χ1v) is 4.19. The van der Waals surface area contributed by atoms with E-state index in [0.717, 1.165) is 11.4 Å². The summed E-state index contributed by atoms with van der Waals surface area (Å²) in [6, 6.07) is 4.05. The Kier molecular flexibility index (Phi) is 2.36. The van der Waals surface area contributed by atoms with Gasteiger partial charge in [-0.25, -0.2) is 0 Å². The van der Waals surface area contributed by atoms with Gasteiger partial charge in [0.25, 0.3) is 0 Å². The second kappa shape index (κ2) is 3.13. The first-order chi connectivity index (χ1) is 5.54. The van der Waals surface area contributed by atoms with Gasteiger partial charge < -0.3 is 4.57 Å². The summed E-state index contributed by atoms with van der Waals surface area (Å²) in [6.07, 6.45) is 0. The normalized spacial score (nSPS) is 13.0. The summed E-state index contributed by atoms with van der Waals surface area (Å²) in [4.78, 5) is 11.1. The Morgan fingerprint density at radius 1 is 1.33 bits per heavy atom. The molecule has 66 valence electrons. The largest absolute Gasteiger partial charge is 0.339 e. The molecule has 12 heavy (non-hydrogen) atoms. The van der Waals surface area contributed by atoms with Crippen LogP contribution in [0.1, 0.15) is 31.3 Å². The van der Waals surface area contributed by atoms with Gasteiger partial charge in [-0.1, -0.05) is 0 Å². The summed E-state index contributed by atoms with van der Waals surface area (Å²) >= 11 is 0. The molecule has 0 aliphatic carbocycles. The van der Waals surface area contributed by atoms with Gasteiger partial charge in [0, 0.05) is 11.4 Å². The second-order valence-corrected chi connectivity index (χ2v) is 3.27. The topological polar surface area (TPSA) is 22.0 Å². The van der Waals surface area contributed by atoms with Crippen LogP contribution in [-0.4, -0.2) is 10.4 Å². The van der Waals surface area contributed by atoms with Gasteiger partial charge in [-0.15, -0.1) is 0 Å².